The van der Waals surface area contributed by atoms with Crippen molar-refractivity contribution in [2.24, 2.45) is 0 Å². The molecule has 0 spiro atoms. The van der Waals surface area contributed by atoms with E-state index in [1.54, 1.807) is 43.7 Å². The SMILES string of the molecule is CO/C=C(\C)c1ccccc1C(=O)Nc1ccc(Cl)cc1. The second-order valence-electron chi connectivity index (χ2n) is 4.54. The number of anilines is 1. The molecule has 0 saturated heterocycles. The van der Waals surface area contributed by atoms with Gasteiger partial charge in [0.1, 0.15) is 0 Å². The maximum Gasteiger partial charge on any atom is 0.256 e. The van der Waals surface area contributed by atoms with Crippen LogP contribution < -0.4 is 5.32 Å². The lowest BCUT2D eigenvalue weighted by Crippen LogP contribution is -2.13. The molecule has 1 amide bonds. The van der Waals surface area contributed by atoms with Crippen LogP contribution in [0, 0.1) is 0 Å². The Morgan fingerprint density at radius 3 is 2.33 bits per heavy atom. The number of methoxy groups -OCH3 is 1. The molecule has 4 heteroatoms. The molecule has 0 heterocycles. The molecule has 0 radical (unpaired) electrons. The minimum Gasteiger partial charge on any atom is -0.504 e. The van der Waals surface area contributed by atoms with Crippen LogP contribution in [0.1, 0.15) is 22.8 Å². The zero-order valence-electron chi connectivity index (χ0n) is 11.9. The molecule has 21 heavy (non-hydrogen) atoms. The van der Waals surface area contributed by atoms with Crippen molar-refractivity contribution in [1.29, 1.82) is 0 Å². The molecule has 0 aliphatic heterocycles. The molecule has 0 aromatic heterocycles. The molecule has 0 aliphatic rings. The summed E-state index contributed by atoms with van der Waals surface area (Å²) in [6, 6.07) is 14.4. The zero-order chi connectivity index (χ0) is 15.2. The smallest absolute Gasteiger partial charge is 0.256 e. The van der Waals surface area contributed by atoms with Crippen molar-refractivity contribution in [1.82, 2.24) is 0 Å². The molecule has 3 nitrogen and oxygen atoms in total. The molecular formula is C17H16ClNO2. The maximum absolute atomic E-state index is 12.4. The minimum atomic E-state index is -0.170. The molecule has 0 bridgehead atoms. The highest BCUT2D eigenvalue weighted by Gasteiger charge is 2.12. The van der Waals surface area contributed by atoms with Crippen molar-refractivity contribution in [3.05, 3.63) is 70.9 Å². The van der Waals surface area contributed by atoms with Gasteiger partial charge in [-0.1, -0.05) is 29.8 Å². The van der Waals surface area contributed by atoms with Gasteiger partial charge in [-0.25, -0.2) is 0 Å². The van der Waals surface area contributed by atoms with Gasteiger partial charge in [0.05, 0.1) is 13.4 Å². The summed E-state index contributed by atoms with van der Waals surface area (Å²) in [6.45, 7) is 1.90. The quantitative estimate of drug-likeness (QED) is 0.838. The molecule has 108 valence electrons. The summed E-state index contributed by atoms with van der Waals surface area (Å²) in [5.74, 6) is -0.170. The van der Waals surface area contributed by atoms with Gasteiger partial charge in [-0.2, -0.15) is 0 Å². The van der Waals surface area contributed by atoms with Crippen molar-refractivity contribution in [2.45, 2.75) is 6.92 Å². The molecule has 0 atom stereocenters. The standard InChI is InChI=1S/C17H16ClNO2/c1-12(11-21-2)15-5-3-4-6-16(15)17(20)19-14-9-7-13(18)8-10-14/h3-11H,1-2H3,(H,19,20)/b12-11+. The lowest BCUT2D eigenvalue weighted by Gasteiger charge is -2.10. The Bertz CT molecular complexity index is 663. The van der Waals surface area contributed by atoms with Crippen LogP contribution in [0.5, 0.6) is 0 Å². The maximum atomic E-state index is 12.4. The topological polar surface area (TPSA) is 38.3 Å². The Morgan fingerprint density at radius 1 is 1.10 bits per heavy atom. The molecule has 0 fully saturated rings. The Hall–Kier alpha value is -2.26. The Balaban J connectivity index is 2.27. The van der Waals surface area contributed by atoms with E-state index in [0.29, 0.717) is 16.3 Å². The van der Waals surface area contributed by atoms with E-state index in [1.165, 1.54) is 0 Å². The first-order valence-corrected chi connectivity index (χ1v) is 6.85. The van der Waals surface area contributed by atoms with Gasteiger partial charge in [-0.05, 0) is 48.4 Å². The number of hydrogen-bond donors (Lipinski definition) is 1. The predicted octanol–water partition coefficient (Wildman–Crippen LogP) is 4.60. The summed E-state index contributed by atoms with van der Waals surface area (Å²) in [4.78, 5) is 12.4. The molecular weight excluding hydrogens is 286 g/mol. The lowest BCUT2D eigenvalue weighted by atomic mass is 10.0. The van der Waals surface area contributed by atoms with Gasteiger partial charge in [0, 0.05) is 16.3 Å². The molecule has 0 saturated carbocycles. The van der Waals surface area contributed by atoms with E-state index in [9.17, 15) is 4.79 Å². The predicted molar refractivity (Wildman–Crippen MR) is 86.5 cm³/mol. The van der Waals surface area contributed by atoms with Crippen LogP contribution >= 0.6 is 11.6 Å². The first kappa shape index (κ1) is 15.1. The minimum absolute atomic E-state index is 0.170. The fourth-order valence-electron chi connectivity index (χ4n) is 2.00. The highest BCUT2D eigenvalue weighted by molar-refractivity contribution is 6.30. The van der Waals surface area contributed by atoms with Crippen LogP contribution in [0.3, 0.4) is 0 Å². The van der Waals surface area contributed by atoms with Crippen LogP contribution in [0.15, 0.2) is 54.8 Å². The summed E-state index contributed by atoms with van der Waals surface area (Å²) in [5.41, 5.74) is 3.02. The number of carbonyl (C=O) groups is 1. The number of amides is 1. The Morgan fingerprint density at radius 2 is 1.71 bits per heavy atom. The number of ether oxygens (including phenoxy) is 1. The van der Waals surface area contributed by atoms with Gasteiger partial charge in [0.15, 0.2) is 0 Å². The second-order valence-corrected chi connectivity index (χ2v) is 4.98. The molecule has 2 rings (SSSR count). The number of carbonyl (C=O) groups excluding carboxylic acids is 1. The van der Waals surface area contributed by atoms with Gasteiger partial charge < -0.3 is 10.1 Å². The molecule has 1 N–H and O–H groups in total. The van der Waals surface area contributed by atoms with E-state index in [1.807, 2.05) is 25.1 Å². The molecule has 0 unspecified atom stereocenters. The summed E-state index contributed by atoms with van der Waals surface area (Å²) in [6.07, 6.45) is 1.62. The van der Waals surface area contributed by atoms with Gasteiger partial charge in [-0.15, -0.1) is 0 Å². The van der Waals surface area contributed by atoms with Crippen LogP contribution in [-0.4, -0.2) is 13.0 Å². The largest absolute Gasteiger partial charge is 0.504 e. The van der Waals surface area contributed by atoms with Gasteiger partial charge in [0.2, 0.25) is 0 Å². The van der Waals surface area contributed by atoms with E-state index >= 15 is 0 Å². The lowest BCUT2D eigenvalue weighted by molar-refractivity contribution is 0.102. The third-order valence-electron chi connectivity index (χ3n) is 2.99. The van der Waals surface area contributed by atoms with Crippen molar-refractivity contribution < 1.29 is 9.53 Å². The zero-order valence-corrected chi connectivity index (χ0v) is 12.6. The Labute approximate surface area is 129 Å². The summed E-state index contributed by atoms with van der Waals surface area (Å²) >= 11 is 5.83. The number of rotatable bonds is 4. The van der Waals surface area contributed by atoms with Crippen molar-refractivity contribution in [2.75, 3.05) is 12.4 Å². The van der Waals surface area contributed by atoms with E-state index < -0.39 is 0 Å². The monoisotopic (exact) mass is 301 g/mol. The normalized spacial score (nSPS) is 11.1. The van der Waals surface area contributed by atoms with E-state index in [2.05, 4.69) is 5.32 Å². The van der Waals surface area contributed by atoms with Gasteiger partial charge in [-0.3, -0.25) is 4.79 Å². The van der Waals surface area contributed by atoms with Crippen LogP contribution in [-0.2, 0) is 4.74 Å². The van der Waals surface area contributed by atoms with E-state index in [0.717, 1.165) is 11.1 Å². The number of halogens is 1. The summed E-state index contributed by atoms with van der Waals surface area (Å²) < 4.78 is 5.02. The highest BCUT2D eigenvalue weighted by Crippen LogP contribution is 2.21. The van der Waals surface area contributed by atoms with Crippen molar-refractivity contribution >= 4 is 28.8 Å². The van der Waals surface area contributed by atoms with Crippen molar-refractivity contribution in [3.63, 3.8) is 0 Å². The van der Waals surface area contributed by atoms with Crippen LogP contribution in [0.2, 0.25) is 5.02 Å². The second kappa shape index (κ2) is 6.95. The Kier molecular flexibility index (Phi) is 5.01. The van der Waals surface area contributed by atoms with Crippen LogP contribution in [0.4, 0.5) is 5.69 Å². The van der Waals surface area contributed by atoms with Gasteiger partial charge in [0.25, 0.3) is 5.91 Å². The third-order valence-corrected chi connectivity index (χ3v) is 3.25. The number of hydrogen-bond acceptors (Lipinski definition) is 2. The van der Waals surface area contributed by atoms with Gasteiger partial charge >= 0.3 is 0 Å². The molecule has 0 aliphatic carbocycles. The summed E-state index contributed by atoms with van der Waals surface area (Å²) in [7, 11) is 1.58. The number of allylic oxidation sites excluding steroid dienone is 1. The van der Waals surface area contributed by atoms with Crippen molar-refractivity contribution in [3.8, 4) is 0 Å². The summed E-state index contributed by atoms with van der Waals surface area (Å²) in [5, 5.41) is 3.49. The average molecular weight is 302 g/mol. The first-order chi connectivity index (χ1) is 10.1. The fraction of sp³-hybridized carbons (Fsp3) is 0.118. The number of nitrogens with one attached hydrogen (secondary N) is 1. The number of benzene rings is 2. The van der Waals surface area contributed by atoms with Crippen LogP contribution in [0.25, 0.3) is 5.57 Å². The molecule has 2 aromatic carbocycles. The molecule has 2 aromatic rings. The third kappa shape index (κ3) is 3.86. The fourth-order valence-corrected chi connectivity index (χ4v) is 2.12. The first-order valence-electron chi connectivity index (χ1n) is 6.47. The van der Waals surface area contributed by atoms with E-state index in [4.69, 9.17) is 16.3 Å². The van der Waals surface area contributed by atoms with E-state index in [-0.39, 0.29) is 5.91 Å². The highest BCUT2D eigenvalue weighted by atomic mass is 35.5. The average Bonchev–Trinajstić information content (AvgIpc) is 2.50.